The van der Waals surface area contributed by atoms with Crippen LogP contribution in [0.2, 0.25) is 0 Å². The fourth-order valence-electron chi connectivity index (χ4n) is 5.91. The van der Waals surface area contributed by atoms with E-state index >= 15 is 0 Å². The van der Waals surface area contributed by atoms with Crippen LogP contribution in [0.1, 0.15) is 68.3 Å². The van der Waals surface area contributed by atoms with Gasteiger partial charge in [0, 0.05) is 44.0 Å². The molecule has 0 unspecified atom stereocenters. The largest absolute Gasteiger partial charge is 0.457 e. The van der Waals surface area contributed by atoms with E-state index in [0.717, 1.165) is 68.5 Å². The van der Waals surface area contributed by atoms with Crippen molar-refractivity contribution in [3.05, 3.63) is 59.7 Å². The van der Waals surface area contributed by atoms with Crippen LogP contribution in [0.15, 0.2) is 48.5 Å². The standard InChI is InChI=1S/C32H41N5O3S2/c1-32(2)29(39)37(26-14-15-27-24(22-26)23-40-28(27)38)31(42)36(32)17-11-6-4-3-5-10-16-34-18-20-35(21-19-34)30(41)33-25-12-8-7-9-13-25/h7-9,12-15,22H,3-6,10-11,16-21,23H2,1-2H3,(H,33,41). The SMILES string of the molecule is CC1(C)C(=O)N(c2ccc3c(c2)COC3=O)C(=S)N1CCCCCCCCN1CCN(C(=S)Nc2ccccc2)CC1. The Bertz CT molecular complexity index is 1310. The zero-order valence-corrected chi connectivity index (χ0v) is 26.3. The van der Waals surface area contributed by atoms with E-state index in [4.69, 9.17) is 29.2 Å². The first kappa shape index (κ1) is 30.4. The van der Waals surface area contributed by atoms with Crippen molar-refractivity contribution in [2.75, 3.05) is 49.5 Å². The lowest BCUT2D eigenvalue weighted by atomic mass is 10.0. The number of nitrogens with one attached hydrogen (secondary N) is 1. The Balaban J connectivity index is 0.967. The van der Waals surface area contributed by atoms with Crippen molar-refractivity contribution in [2.24, 2.45) is 0 Å². The van der Waals surface area contributed by atoms with E-state index in [9.17, 15) is 9.59 Å². The summed E-state index contributed by atoms with van der Waals surface area (Å²) in [6.07, 6.45) is 6.97. The van der Waals surface area contributed by atoms with Gasteiger partial charge in [0.1, 0.15) is 12.1 Å². The molecule has 0 saturated carbocycles. The minimum absolute atomic E-state index is 0.0344. The van der Waals surface area contributed by atoms with Gasteiger partial charge < -0.3 is 19.9 Å². The molecular weight excluding hydrogens is 567 g/mol. The second-order valence-corrected chi connectivity index (χ2v) is 12.5. The molecule has 2 aromatic carbocycles. The van der Waals surface area contributed by atoms with Crippen molar-refractivity contribution in [3.8, 4) is 0 Å². The third-order valence-corrected chi connectivity index (χ3v) is 9.30. The number of hydrogen-bond acceptors (Lipinski definition) is 6. The van der Waals surface area contributed by atoms with Crippen LogP contribution in [0.5, 0.6) is 0 Å². The quantitative estimate of drug-likeness (QED) is 0.205. The average Bonchev–Trinajstić information content (AvgIpc) is 3.43. The van der Waals surface area contributed by atoms with Gasteiger partial charge in [-0.15, -0.1) is 0 Å². The fraction of sp³-hybridized carbons (Fsp3) is 0.500. The molecule has 0 radical (unpaired) electrons. The number of benzene rings is 2. The number of thiocarbonyl (C=S) groups is 2. The van der Waals surface area contributed by atoms with Crippen molar-refractivity contribution in [2.45, 2.75) is 64.5 Å². The number of piperazine rings is 1. The fourth-order valence-corrected chi connectivity index (χ4v) is 6.72. The second-order valence-electron chi connectivity index (χ2n) is 11.8. The highest BCUT2D eigenvalue weighted by Gasteiger charge is 2.49. The number of nitrogens with zero attached hydrogens (tertiary/aromatic N) is 4. The van der Waals surface area contributed by atoms with Crippen molar-refractivity contribution < 1.29 is 14.3 Å². The zero-order chi connectivity index (χ0) is 29.7. The van der Waals surface area contributed by atoms with Gasteiger partial charge in [-0.05, 0) is 88.0 Å². The molecule has 3 aliphatic heterocycles. The van der Waals surface area contributed by atoms with E-state index in [2.05, 4.69) is 20.0 Å². The number of hydrogen-bond donors (Lipinski definition) is 1. The van der Waals surface area contributed by atoms with Crippen LogP contribution in [-0.2, 0) is 16.1 Å². The molecule has 5 rings (SSSR count). The van der Waals surface area contributed by atoms with E-state index in [1.165, 1.54) is 25.7 Å². The number of para-hydroxylation sites is 1. The topological polar surface area (TPSA) is 68.4 Å². The number of esters is 1. The summed E-state index contributed by atoms with van der Waals surface area (Å²) >= 11 is 11.4. The average molecular weight is 608 g/mol. The summed E-state index contributed by atoms with van der Waals surface area (Å²) < 4.78 is 5.12. The van der Waals surface area contributed by atoms with Crippen molar-refractivity contribution in [1.82, 2.24) is 14.7 Å². The van der Waals surface area contributed by atoms with Gasteiger partial charge in [0.15, 0.2) is 10.2 Å². The summed E-state index contributed by atoms with van der Waals surface area (Å²) in [4.78, 5) is 33.7. The highest BCUT2D eigenvalue weighted by molar-refractivity contribution is 7.80. The number of carbonyl (C=O) groups is 2. The smallest absolute Gasteiger partial charge is 0.338 e. The highest BCUT2D eigenvalue weighted by Crippen LogP contribution is 2.34. The number of fused-ring (bicyclic) bond motifs is 1. The minimum atomic E-state index is -0.701. The lowest BCUT2D eigenvalue weighted by Gasteiger charge is -2.36. The maximum atomic E-state index is 13.4. The summed E-state index contributed by atoms with van der Waals surface area (Å²) in [7, 11) is 0. The Labute approximate surface area is 260 Å². The van der Waals surface area contributed by atoms with Gasteiger partial charge in [-0.1, -0.05) is 43.9 Å². The van der Waals surface area contributed by atoms with Gasteiger partial charge in [-0.3, -0.25) is 14.6 Å². The molecule has 8 nitrogen and oxygen atoms in total. The molecule has 42 heavy (non-hydrogen) atoms. The molecule has 0 spiro atoms. The van der Waals surface area contributed by atoms with Gasteiger partial charge in [0.25, 0.3) is 5.91 Å². The molecule has 3 aliphatic rings. The molecule has 2 fully saturated rings. The van der Waals surface area contributed by atoms with Crippen molar-refractivity contribution in [1.29, 1.82) is 0 Å². The molecule has 10 heteroatoms. The normalized spacial score (nSPS) is 18.4. The third kappa shape index (κ3) is 6.76. The number of unbranched alkanes of at least 4 members (excludes halogenated alkanes) is 5. The first-order chi connectivity index (χ1) is 20.3. The van der Waals surface area contributed by atoms with Crippen LogP contribution in [0.25, 0.3) is 0 Å². The summed E-state index contributed by atoms with van der Waals surface area (Å²) in [6.45, 7) is 10.0. The summed E-state index contributed by atoms with van der Waals surface area (Å²) in [5.74, 6) is -0.350. The van der Waals surface area contributed by atoms with E-state index < -0.39 is 5.54 Å². The predicted octanol–water partition coefficient (Wildman–Crippen LogP) is 5.42. The van der Waals surface area contributed by atoms with Crippen LogP contribution in [-0.4, -0.2) is 81.6 Å². The first-order valence-electron chi connectivity index (χ1n) is 15.1. The van der Waals surface area contributed by atoms with Gasteiger partial charge in [0.2, 0.25) is 0 Å². The van der Waals surface area contributed by atoms with Crippen LogP contribution >= 0.6 is 24.4 Å². The molecule has 3 heterocycles. The van der Waals surface area contributed by atoms with E-state index in [0.29, 0.717) is 16.4 Å². The second kappa shape index (κ2) is 13.5. The van der Waals surface area contributed by atoms with Gasteiger partial charge >= 0.3 is 5.97 Å². The van der Waals surface area contributed by atoms with Crippen molar-refractivity contribution in [3.63, 3.8) is 0 Å². The number of anilines is 2. The summed E-state index contributed by atoms with van der Waals surface area (Å²) in [5, 5.41) is 4.69. The molecule has 1 amide bonds. The molecule has 0 aromatic heterocycles. The molecule has 0 atom stereocenters. The first-order valence-corrected chi connectivity index (χ1v) is 15.9. The summed E-state index contributed by atoms with van der Waals surface area (Å²) in [6, 6.07) is 15.5. The van der Waals surface area contributed by atoms with Gasteiger partial charge in [-0.2, -0.15) is 0 Å². The van der Waals surface area contributed by atoms with Crippen molar-refractivity contribution >= 4 is 57.9 Å². The van der Waals surface area contributed by atoms with Crippen LogP contribution < -0.4 is 10.2 Å². The number of rotatable bonds is 11. The Morgan fingerprint density at radius 3 is 2.29 bits per heavy atom. The molecule has 224 valence electrons. The number of amides is 1. The summed E-state index contributed by atoms with van der Waals surface area (Å²) in [5.41, 5.74) is 2.40. The lowest BCUT2D eigenvalue weighted by molar-refractivity contribution is -0.123. The lowest BCUT2D eigenvalue weighted by Crippen LogP contribution is -2.50. The van der Waals surface area contributed by atoms with Crippen LogP contribution in [0, 0.1) is 0 Å². The highest BCUT2D eigenvalue weighted by atomic mass is 32.1. The minimum Gasteiger partial charge on any atom is -0.457 e. The number of cyclic esters (lactones) is 1. The Morgan fingerprint density at radius 1 is 0.905 bits per heavy atom. The zero-order valence-electron chi connectivity index (χ0n) is 24.6. The Hall–Kier alpha value is -3.08. The number of ether oxygens (including phenoxy) is 1. The van der Waals surface area contributed by atoms with Crippen LogP contribution in [0.3, 0.4) is 0 Å². The van der Waals surface area contributed by atoms with Gasteiger partial charge in [0.05, 0.1) is 11.3 Å². The Kier molecular flexibility index (Phi) is 9.75. The molecular formula is C32H41N5O3S2. The van der Waals surface area contributed by atoms with E-state index in [1.807, 2.05) is 50.2 Å². The van der Waals surface area contributed by atoms with E-state index in [-0.39, 0.29) is 18.5 Å². The number of carbonyl (C=O) groups excluding carboxylic acids is 2. The maximum absolute atomic E-state index is 13.4. The van der Waals surface area contributed by atoms with E-state index in [1.54, 1.807) is 17.0 Å². The molecule has 1 N–H and O–H groups in total. The molecule has 2 saturated heterocycles. The molecule has 0 bridgehead atoms. The van der Waals surface area contributed by atoms with Crippen LogP contribution in [0.4, 0.5) is 11.4 Å². The maximum Gasteiger partial charge on any atom is 0.338 e. The Morgan fingerprint density at radius 2 is 1.57 bits per heavy atom. The van der Waals surface area contributed by atoms with Gasteiger partial charge in [-0.25, -0.2) is 4.79 Å². The predicted molar refractivity (Wildman–Crippen MR) is 175 cm³/mol. The molecule has 2 aromatic rings. The third-order valence-electron chi connectivity index (χ3n) is 8.54. The monoisotopic (exact) mass is 607 g/mol. The molecule has 0 aliphatic carbocycles.